The second-order valence-corrected chi connectivity index (χ2v) is 6.37. The zero-order valence-corrected chi connectivity index (χ0v) is 14.3. The minimum atomic E-state index is -0.458. The first kappa shape index (κ1) is 17.7. The van der Waals surface area contributed by atoms with Crippen LogP contribution in [0.3, 0.4) is 0 Å². The lowest BCUT2D eigenvalue weighted by Crippen LogP contribution is -2.42. The summed E-state index contributed by atoms with van der Waals surface area (Å²) in [5, 5.41) is 1.000. The summed E-state index contributed by atoms with van der Waals surface area (Å²) in [6, 6.07) is 14.1. The predicted octanol–water partition coefficient (Wildman–Crippen LogP) is 3.69. The zero-order valence-electron chi connectivity index (χ0n) is 12.0. The van der Waals surface area contributed by atoms with Crippen molar-refractivity contribution in [3.05, 3.63) is 69.7 Å². The van der Waals surface area contributed by atoms with Gasteiger partial charge in [-0.3, -0.25) is 20.4 Å². The van der Waals surface area contributed by atoms with Crippen LogP contribution in [0.5, 0.6) is 0 Å². The fraction of sp³-hybridized carbons (Fsp3) is 0.125. The van der Waals surface area contributed by atoms with Gasteiger partial charge in [-0.25, -0.2) is 0 Å². The van der Waals surface area contributed by atoms with Crippen molar-refractivity contribution in [2.24, 2.45) is 0 Å². The summed E-state index contributed by atoms with van der Waals surface area (Å²) in [7, 11) is 0. The molecule has 7 heteroatoms. The Bertz CT molecular complexity index is 710. The van der Waals surface area contributed by atoms with Crippen LogP contribution >= 0.6 is 35.0 Å². The van der Waals surface area contributed by atoms with Gasteiger partial charge in [0.25, 0.3) is 5.91 Å². The van der Waals surface area contributed by atoms with Crippen LogP contribution < -0.4 is 10.9 Å². The van der Waals surface area contributed by atoms with Crippen LogP contribution in [0.15, 0.2) is 48.5 Å². The highest BCUT2D eigenvalue weighted by atomic mass is 35.5. The van der Waals surface area contributed by atoms with Gasteiger partial charge in [0.1, 0.15) is 0 Å². The summed E-state index contributed by atoms with van der Waals surface area (Å²) in [5.74, 6) is 0.0575. The van der Waals surface area contributed by atoms with E-state index in [-0.39, 0.29) is 11.7 Å². The van der Waals surface area contributed by atoms with E-state index in [1.165, 1.54) is 11.8 Å². The maximum Gasteiger partial charge on any atom is 0.271 e. The highest BCUT2D eigenvalue weighted by Gasteiger charge is 2.10. The fourth-order valence-corrected chi connectivity index (χ4v) is 3.08. The van der Waals surface area contributed by atoms with Gasteiger partial charge in [-0.05, 0) is 23.8 Å². The third-order valence-corrected chi connectivity index (χ3v) is 4.56. The minimum absolute atomic E-state index is 0.202. The monoisotopic (exact) mass is 368 g/mol. The van der Waals surface area contributed by atoms with Gasteiger partial charge in [-0.15, -0.1) is 11.8 Å². The summed E-state index contributed by atoms with van der Waals surface area (Å²) in [5.41, 5.74) is 5.96. The molecule has 2 N–H and O–H groups in total. The van der Waals surface area contributed by atoms with E-state index in [1.54, 1.807) is 30.3 Å². The molecule has 0 atom stereocenters. The molecule has 0 aliphatic carbocycles. The van der Waals surface area contributed by atoms with Crippen LogP contribution in [0.4, 0.5) is 0 Å². The number of amides is 2. The van der Waals surface area contributed by atoms with Crippen LogP contribution in [-0.2, 0) is 10.5 Å². The maximum atomic E-state index is 11.9. The number of nitrogens with one attached hydrogen (secondary N) is 2. The first-order valence-corrected chi connectivity index (χ1v) is 8.64. The van der Waals surface area contributed by atoms with E-state index < -0.39 is 5.91 Å². The molecule has 0 aliphatic rings. The third kappa shape index (κ3) is 5.46. The molecule has 0 spiro atoms. The summed E-state index contributed by atoms with van der Waals surface area (Å²) in [6.07, 6.45) is 0. The number of hydrogen-bond donors (Lipinski definition) is 2. The highest BCUT2D eigenvalue weighted by Crippen LogP contribution is 2.20. The molecule has 0 bridgehead atoms. The van der Waals surface area contributed by atoms with Crippen molar-refractivity contribution in [2.75, 3.05) is 5.75 Å². The third-order valence-electron chi connectivity index (χ3n) is 2.88. The molecule has 23 heavy (non-hydrogen) atoms. The van der Waals surface area contributed by atoms with E-state index in [4.69, 9.17) is 23.2 Å². The van der Waals surface area contributed by atoms with E-state index >= 15 is 0 Å². The molecular weight excluding hydrogens is 355 g/mol. The zero-order chi connectivity index (χ0) is 16.7. The Kier molecular flexibility index (Phi) is 6.77. The lowest BCUT2D eigenvalue weighted by atomic mass is 10.2. The van der Waals surface area contributed by atoms with Crippen LogP contribution in [0.1, 0.15) is 15.9 Å². The number of carbonyl (C=O) groups excluding carboxylic acids is 2. The molecule has 0 aliphatic heterocycles. The molecular formula is C16H14Cl2N2O2S. The molecule has 2 aromatic carbocycles. The van der Waals surface area contributed by atoms with Crippen molar-refractivity contribution in [2.45, 2.75) is 5.75 Å². The Hall–Kier alpha value is -1.69. The summed E-state index contributed by atoms with van der Waals surface area (Å²) < 4.78 is 0. The van der Waals surface area contributed by atoms with Gasteiger partial charge in [0.2, 0.25) is 5.91 Å². The van der Waals surface area contributed by atoms with Gasteiger partial charge in [-0.1, -0.05) is 53.5 Å². The summed E-state index contributed by atoms with van der Waals surface area (Å²) in [6.45, 7) is 0. The fourth-order valence-electron chi connectivity index (χ4n) is 1.74. The van der Waals surface area contributed by atoms with Crippen LogP contribution in [0.2, 0.25) is 10.0 Å². The van der Waals surface area contributed by atoms with Gasteiger partial charge in [0, 0.05) is 10.8 Å². The SMILES string of the molecule is O=C(CSCc1ccccc1Cl)NNC(=O)c1ccccc1Cl. The Morgan fingerprint density at radius 2 is 1.57 bits per heavy atom. The highest BCUT2D eigenvalue weighted by molar-refractivity contribution is 7.99. The molecule has 0 fully saturated rings. The van der Waals surface area contributed by atoms with Crippen molar-refractivity contribution >= 4 is 46.8 Å². The van der Waals surface area contributed by atoms with Gasteiger partial charge < -0.3 is 0 Å². The van der Waals surface area contributed by atoms with Crippen LogP contribution in [0, 0.1) is 0 Å². The van der Waals surface area contributed by atoms with Crippen molar-refractivity contribution in [1.82, 2.24) is 10.9 Å². The first-order chi connectivity index (χ1) is 11.1. The average Bonchev–Trinajstić information content (AvgIpc) is 2.55. The number of carbonyl (C=O) groups is 2. The normalized spacial score (nSPS) is 10.2. The van der Waals surface area contributed by atoms with Gasteiger partial charge in [0.05, 0.1) is 16.3 Å². The number of thioether (sulfide) groups is 1. The lowest BCUT2D eigenvalue weighted by molar-refractivity contribution is -0.119. The number of halogens is 2. The van der Waals surface area contributed by atoms with Crippen molar-refractivity contribution < 1.29 is 9.59 Å². The molecule has 2 aromatic rings. The molecule has 0 unspecified atom stereocenters. The maximum absolute atomic E-state index is 11.9. The molecule has 0 aromatic heterocycles. The first-order valence-electron chi connectivity index (χ1n) is 6.73. The van der Waals surface area contributed by atoms with Crippen molar-refractivity contribution in [3.8, 4) is 0 Å². The summed E-state index contributed by atoms with van der Waals surface area (Å²) in [4.78, 5) is 23.6. The molecule has 0 saturated carbocycles. The molecule has 0 saturated heterocycles. The molecule has 2 amide bonds. The smallest absolute Gasteiger partial charge is 0.271 e. The Morgan fingerprint density at radius 1 is 0.913 bits per heavy atom. The lowest BCUT2D eigenvalue weighted by Gasteiger charge is -2.08. The average molecular weight is 369 g/mol. The predicted molar refractivity (Wildman–Crippen MR) is 94.7 cm³/mol. The van der Waals surface area contributed by atoms with E-state index in [0.29, 0.717) is 21.4 Å². The van der Waals surface area contributed by atoms with E-state index in [1.807, 2.05) is 18.2 Å². The quantitative estimate of drug-likeness (QED) is 0.791. The topological polar surface area (TPSA) is 58.2 Å². The molecule has 4 nitrogen and oxygen atoms in total. The minimum Gasteiger partial charge on any atom is -0.272 e. The number of benzene rings is 2. The number of hydrazine groups is 1. The van der Waals surface area contributed by atoms with E-state index in [0.717, 1.165) is 5.56 Å². The number of hydrogen-bond acceptors (Lipinski definition) is 3. The molecule has 0 heterocycles. The number of rotatable bonds is 5. The Labute approximate surface area is 148 Å². The molecule has 2 rings (SSSR count). The molecule has 120 valence electrons. The van der Waals surface area contributed by atoms with Gasteiger partial charge in [0.15, 0.2) is 0 Å². The second-order valence-electron chi connectivity index (χ2n) is 4.57. The Morgan fingerprint density at radius 3 is 2.26 bits per heavy atom. The van der Waals surface area contributed by atoms with E-state index in [9.17, 15) is 9.59 Å². The summed E-state index contributed by atoms with van der Waals surface area (Å²) >= 11 is 13.4. The largest absolute Gasteiger partial charge is 0.272 e. The van der Waals surface area contributed by atoms with Gasteiger partial charge in [-0.2, -0.15) is 0 Å². The van der Waals surface area contributed by atoms with Crippen molar-refractivity contribution in [3.63, 3.8) is 0 Å². The Balaban J connectivity index is 1.74. The van der Waals surface area contributed by atoms with E-state index in [2.05, 4.69) is 10.9 Å². The standard InChI is InChI=1S/C16H14Cl2N2O2S/c17-13-7-3-1-5-11(13)9-23-10-15(21)19-20-16(22)12-6-2-4-8-14(12)18/h1-8H,9-10H2,(H,19,21)(H,20,22). The van der Waals surface area contributed by atoms with Crippen LogP contribution in [0.25, 0.3) is 0 Å². The molecule has 0 radical (unpaired) electrons. The van der Waals surface area contributed by atoms with Crippen molar-refractivity contribution in [1.29, 1.82) is 0 Å². The van der Waals surface area contributed by atoms with Crippen LogP contribution in [-0.4, -0.2) is 17.6 Å². The second kappa shape index (κ2) is 8.82. The van der Waals surface area contributed by atoms with Gasteiger partial charge >= 0.3 is 0 Å².